The van der Waals surface area contributed by atoms with Crippen molar-refractivity contribution < 1.29 is 0 Å². The lowest BCUT2D eigenvalue weighted by atomic mass is 9.75. The summed E-state index contributed by atoms with van der Waals surface area (Å²) in [7, 11) is 2.20. The highest BCUT2D eigenvalue weighted by Gasteiger charge is 2.32. The molecule has 0 heterocycles. The fraction of sp³-hybridized carbons (Fsp3) is 0.647. The van der Waals surface area contributed by atoms with Crippen molar-refractivity contribution in [1.82, 2.24) is 0 Å². The standard InChI is InChI=1S/C17H26ClN/c1-14-7-8-16(11-15(14)2)19(3)13-17(12-18)9-5-4-6-10-17/h7-8,11H,4-6,9-10,12-13H2,1-3H3. The Morgan fingerprint density at radius 1 is 1.11 bits per heavy atom. The summed E-state index contributed by atoms with van der Waals surface area (Å²) in [5, 5.41) is 0. The van der Waals surface area contributed by atoms with Gasteiger partial charge in [-0.25, -0.2) is 0 Å². The fourth-order valence-electron chi connectivity index (χ4n) is 3.19. The maximum atomic E-state index is 6.30. The summed E-state index contributed by atoms with van der Waals surface area (Å²) in [6.45, 7) is 5.43. The van der Waals surface area contributed by atoms with Gasteiger partial charge in [-0.15, -0.1) is 11.6 Å². The van der Waals surface area contributed by atoms with Gasteiger partial charge in [0.15, 0.2) is 0 Å². The predicted octanol–water partition coefficient (Wildman–Crippen LogP) is 4.93. The molecule has 1 nitrogen and oxygen atoms in total. The molecule has 1 aromatic carbocycles. The van der Waals surface area contributed by atoms with Crippen LogP contribution in [-0.4, -0.2) is 19.5 Å². The van der Waals surface area contributed by atoms with Gasteiger partial charge in [-0.3, -0.25) is 0 Å². The first-order valence-electron chi connectivity index (χ1n) is 7.41. The van der Waals surface area contributed by atoms with Crippen LogP contribution in [-0.2, 0) is 0 Å². The Kier molecular flexibility index (Phi) is 4.78. The molecule has 0 atom stereocenters. The van der Waals surface area contributed by atoms with E-state index in [4.69, 9.17) is 11.6 Å². The second-order valence-electron chi connectivity index (χ2n) is 6.32. The van der Waals surface area contributed by atoms with E-state index in [0.717, 1.165) is 12.4 Å². The van der Waals surface area contributed by atoms with Gasteiger partial charge in [0.05, 0.1) is 0 Å². The van der Waals surface area contributed by atoms with E-state index in [1.807, 2.05) is 0 Å². The van der Waals surface area contributed by atoms with Crippen molar-refractivity contribution in [1.29, 1.82) is 0 Å². The Bertz CT molecular complexity index is 421. The quantitative estimate of drug-likeness (QED) is 0.707. The van der Waals surface area contributed by atoms with Crippen molar-refractivity contribution in [3.8, 4) is 0 Å². The molecule has 19 heavy (non-hydrogen) atoms. The van der Waals surface area contributed by atoms with Crippen LogP contribution in [0.4, 0.5) is 5.69 Å². The molecular weight excluding hydrogens is 254 g/mol. The molecule has 0 N–H and O–H groups in total. The third kappa shape index (κ3) is 3.45. The second-order valence-corrected chi connectivity index (χ2v) is 6.59. The summed E-state index contributed by atoms with van der Waals surface area (Å²) in [5.41, 5.74) is 4.38. The largest absolute Gasteiger partial charge is 0.374 e. The minimum atomic E-state index is 0.327. The summed E-state index contributed by atoms with van der Waals surface area (Å²) in [4.78, 5) is 2.39. The van der Waals surface area contributed by atoms with E-state index < -0.39 is 0 Å². The Hall–Kier alpha value is -0.690. The molecule has 1 aliphatic carbocycles. The van der Waals surface area contributed by atoms with Crippen LogP contribution in [0, 0.1) is 19.3 Å². The molecule has 1 aliphatic rings. The van der Waals surface area contributed by atoms with E-state index in [1.54, 1.807) is 0 Å². The van der Waals surface area contributed by atoms with Gasteiger partial charge >= 0.3 is 0 Å². The fourth-order valence-corrected chi connectivity index (χ4v) is 3.54. The highest BCUT2D eigenvalue weighted by Crippen LogP contribution is 2.38. The number of aryl methyl sites for hydroxylation is 2. The zero-order chi connectivity index (χ0) is 13.9. The number of hydrogen-bond acceptors (Lipinski definition) is 1. The molecule has 0 amide bonds. The SMILES string of the molecule is Cc1ccc(N(C)CC2(CCl)CCCCC2)cc1C. The zero-order valence-electron chi connectivity index (χ0n) is 12.5. The van der Waals surface area contributed by atoms with Crippen LogP contribution < -0.4 is 4.90 Å². The lowest BCUT2D eigenvalue weighted by Gasteiger charge is -2.39. The van der Waals surface area contributed by atoms with Gasteiger partial charge in [0.25, 0.3) is 0 Å². The maximum Gasteiger partial charge on any atom is 0.0366 e. The summed E-state index contributed by atoms with van der Waals surface area (Å²) >= 11 is 6.30. The molecule has 1 aromatic rings. The lowest BCUT2D eigenvalue weighted by molar-refractivity contribution is 0.228. The topological polar surface area (TPSA) is 3.24 Å². The molecular formula is C17H26ClN. The third-order valence-corrected chi connectivity index (χ3v) is 5.27. The molecule has 1 fully saturated rings. The highest BCUT2D eigenvalue weighted by atomic mass is 35.5. The molecule has 0 aliphatic heterocycles. The molecule has 0 aromatic heterocycles. The van der Waals surface area contributed by atoms with Crippen LogP contribution >= 0.6 is 11.6 Å². The normalized spacial score (nSPS) is 18.3. The Labute approximate surface area is 123 Å². The number of anilines is 1. The summed E-state index contributed by atoms with van der Waals surface area (Å²) < 4.78 is 0. The van der Waals surface area contributed by atoms with Gasteiger partial charge < -0.3 is 4.90 Å². The van der Waals surface area contributed by atoms with Crippen LogP contribution in [0.5, 0.6) is 0 Å². The predicted molar refractivity (Wildman–Crippen MR) is 85.4 cm³/mol. The lowest BCUT2D eigenvalue weighted by Crippen LogP contribution is -2.38. The summed E-state index contributed by atoms with van der Waals surface area (Å²) in [6.07, 6.45) is 6.63. The molecule has 106 valence electrons. The smallest absolute Gasteiger partial charge is 0.0366 e. The number of benzene rings is 1. The monoisotopic (exact) mass is 279 g/mol. The number of hydrogen-bond donors (Lipinski definition) is 0. The average molecular weight is 280 g/mol. The van der Waals surface area contributed by atoms with Crippen LogP contribution in [0.15, 0.2) is 18.2 Å². The van der Waals surface area contributed by atoms with Gasteiger partial charge in [0.1, 0.15) is 0 Å². The van der Waals surface area contributed by atoms with Crippen LogP contribution in [0.1, 0.15) is 43.2 Å². The van der Waals surface area contributed by atoms with E-state index in [-0.39, 0.29) is 0 Å². The number of nitrogens with zero attached hydrogens (tertiary/aromatic N) is 1. The van der Waals surface area contributed by atoms with Gasteiger partial charge in [-0.05, 0) is 49.9 Å². The number of alkyl halides is 1. The number of rotatable bonds is 4. The van der Waals surface area contributed by atoms with Gasteiger partial charge in [0, 0.05) is 30.6 Å². The third-order valence-electron chi connectivity index (χ3n) is 4.70. The van der Waals surface area contributed by atoms with Crippen LogP contribution in [0.2, 0.25) is 0 Å². The molecule has 0 unspecified atom stereocenters. The molecule has 0 radical (unpaired) electrons. The number of halogens is 1. The van der Waals surface area contributed by atoms with Gasteiger partial charge in [-0.1, -0.05) is 25.3 Å². The van der Waals surface area contributed by atoms with Crippen molar-refractivity contribution >= 4 is 17.3 Å². The average Bonchev–Trinajstić information content (AvgIpc) is 2.43. The van der Waals surface area contributed by atoms with E-state index in [2.05, 4.69) is 44.0 Å². The molecule has 2 heteroatoms. The highest BCUT2D eigenvalue weighted by molar-refractivity contribution is 6.18. The molecule has 0 spiro atoms. The van der Waals surface area contributed by atoms with E-state index in [1.165, 1.54) is 48.9 Å². The molecule has 0 bridgehead atoms. The van der Waals surface area contributed by atoms with Crippen molar-refractivity contribution in [2.75, 3.05) is 24.4 Å². The Balaban J connectivity index is 2.10. The van der Waals surface area contributed by atoms with E-state index >= 15 is 0 Å². The second kappa shape index (κ2) is 6.17. The molecule has 2 rings (SSSR count). The van der Waals surface area contributed by atoms with E-state index in [9.17, 15) is 0 Å². The first-order valence-corrected chi connectivity index (χ1v) is 7.94. The first kappa shape index (κ1) is 14.7. The van der Waals surface area contributed by atoms with Crippen LogP contribution in [0.25, 0.3) is 0 Å². The van der Waals surface area contributed by atoms with Crippen molar-refractivity contribution in [2.24, 2.45) is 5.41 Å². The van der Waals surface area contributed by atoms with Crippen molar-refractivity contribution in [2.45, 2.75) is 46.0 Å². The van der Waals surface area contributed by atoms with Crippen LogP contribution in [0.3, 0.4) is 0 Å². The summed E-state index contributed by atoms with van der Waals surface area (Å²) in [5.74, 6) is 0.794. The van der Waals surface area contributed by atoms with Crippen molar-refractivity contribution in [3.63, 3.8) is 0 Å². The van der Waals surface area contributed by atoms with Gasteiger partial charge in [0.2, 0.25) is 0 Å². The summed E-state index contributed by atoms with van der Waals surface area (Å²) in [6, 6.07) is 6.74. The Morgan fingerprint density at radius 2 is 1.79 bits per heavy atom. The minimum Gasteiger partial charge on any atom is -0.374 e. The molecule has 1 saturated carbocycles. The van der Waals surface area contributed by atoms with Gasteiger partial charge in [-0.2, -0.15) is 0 Å². The minimum absolute atomic E-state index is 0.327. The van der Waals surface area contributed by atoms with Crippen molar-refractivity contribution in [3.05, 3.63) is 29.3 Å². The zero-order valence-corrected chi connectivity index (χ0v) is 13.3. The Morgan fingerprint density at radius 3 is 2.37 bits per heavy atom. The first-order chi connectivity index (χ1) is 9.06. The molecule has 0 saturated heterocycles. The van der Waals surface area contributed by atoms with E-state index in [0.29, 0.717) is 5.41 Å². The maximum absolute atomic E-state index is 6.30.